The van der Waals surface area contributed by atoms with Gasteiger partial charge in [-0.25, -0.2) is 9.78 Å². The van der Waals surface area contributed by atoms with Gasteiger partial charge >= 0.3 is 11.7 Å². The Morgan fingerprint density at radius 2 is 1.50 bits per heavy atom. The van der Waals surface area contributed by atoms with Gasteiger partial charge in [-0.15, -0.1) is 0 Å². The van der Waals surface area contributed by atoms with Crippen LogP contribution in [-0.4, -0.2) is 43.2 Å². The van der Waals surface area contributed by atoms with Crippen LogP contribution >= 0.6 is 0 Å². The SMILES string of the molecule is CCCCCCCCCC(=O)NCC(CCCCCCCCCn1c(=O)c2c(ncn2C)n(C)c1=O)OC(C)=O. The normalized spacial score (nSPS) is 12.1. The highest BCUT2D eigenvalue weighted by atomic mass is 16.5. The van der Waals surface area contributed by atoms with E-state index in [4.69, 9.17) is 4.74 Å². The largest absolute Gasteiger partial charge is 0.461 e. The predicted octanol–water partition coefficient (Wildman–Crippen LogP) is 4.74. The topological polar surface area (TPSA) is 117 Å². The standard InChI is InChI=1S/C30H51N5O5/c1-5-6-7-8-10-14-17-20-26(37)31-22-25(40-24(2)36)19-16-13-11-9-12-15-18-21-35-29(38)27-28(32-23-33(27)3)34(4)30(35)39/h23,25H,5-22H2,1-4H3,(H,31,37). The maximum atomic E-state index is 12.8. The van der Waals surface area contributed by atoms with E-state index in [2.05, 4.69) is 17.2 Å². The number of esters is 1. The second-order valence-corrected chi connectivity index (χ2v) is 11.0. The van der Waals surface area contributed by atoms with Gasteiger partial charge in [0.25, 0.3) is 5.56 Å². The number of carbonyl (C=O) groups excluding carboxylic acids is 2. The summed E-state index contributed by atoms with van der Waals surface area (Å²) in [6.45, 7) is 4.40. The van der Waals surface area contributed by atoms with Crippen LogP contribution in [0.15, 0.2) is 15.9 Å². The second-order valence-electron chi connectivity index (χ2n) is 11.0. The van der Waals surface area contributed by atoms with Gasteiger partial charge in [-0.3, -0.25) is 23.5 Å². The number of imidazole rings is 1. The first-order valence-electron chi connectivity index (χ1n) is 15.3. The molecule has 0 saturated heterocycles. The number of nitrogens with zero attached hydrogens (tertiary/aromatic N) is 4. The van der Waals surface area contributed by atoms with Crippen LogP contribution in [-0.2, 0) is 35.0 Å². The van der Waals surface area contributed by atoms with Gasteiger partial charge in [-0.2, -0.15) is 0 Å². The molecule has 0 aliphatic carbocycles. The molecule has 2 rings (SSSR count). The zero-order valence-corrected chi connectivity index (χ0v) is 25.2. The smallest absolute Gasteiger partial charge is 0.332 e. The number of rotatable bonds is 21. The van der Waals surface area contributed by atoms with Crippen LogP contribution in [0.1, 0.15) is 117 Å². The molecule has 1 amide bonds. The molecule has 0 radical (unpaired) electrons. The van der Waals surface area contributed by atoms with Gasteiger partial charge in [0, 0.05) is 34.0 Å². The molecule has 0 aromatic carbocycles. The summed E-state index contributed by atoms with van der Waals surface area (Å²) in [5, 5.41) is 2.94. The second kappa shape index (κ2) is 18.4. The number of hydrogen-bond donors (Lipinski definition) is 1. The summed E-state index contributed by atoms with van der Waals surface area (Å²) in [6.07, 6.45) is 17.6. The molecule has 40 heavy (non-hydrogen) atoms. The number of fused-ring (bicyclic) bond motifs is 1. The van der Waals surface area contributed by atoms with Crippen LogP contribution in [0, 0.1) is 0 Å². The third-order valence-corrected chi connectivity index (χ3v) is 7.48. The molecular weight excluding hydrogens is 510 g/mol. The first-order chi connectivity index (χ1) is 19.3. The lowest BCUT2D eigenvalue weighted by Crippen LogP contribution is -2.39. The predicted molar refractivity (Wildman–Crippen MR) is 158 cm³/mol. The summed E-state index contributed by atoms with van der Waals surface area (Å²) in [6, 6.07) is 0. The molecular formula is C30H51N5O5. The van der Waals surface area contributed by atoms with Crippen LogP contribution in [0.4, 0.5) is 0 Å². The van der Waals surface area contributed by atoms with E-state index in [1.54, 1.807) is 25.0 Å². The van der Waals surface area contributed by atoms with Crippen molar-refractivity contribution in [3.63, 3.8) is 0 Å². The third-order valence-electron chi connectivity index (χ3n) is 7.48. The van der Waals surface area contributed by atoms with Gasteiger partial charge in [0.1, 0.15) is 6.10 Å². The molecule has 0 bridgehead atoms. The van der Waals surface area contributed by atoms with Crippen LogP contribution in [0.2, 0.25) is 0 Å². The average Bonchev–Trinajstić information content (AvgIpc) is 3.31. The third kappa shape index (κ3) is 11.3. The van der Waals surface area contributed by atoms with Crippen molar-refractivity contribution in [3.05, 3.63) is 27.2 Å². The molecule has 2 heterocycles. The van der Waals surface area contributed by atoms with Crippen molar-refractivity contribution < 1.29 is 14.3 Å². The first-order valence-corrected chi connectivity index (χ1v) is 15.3. The minimum absolute atomic E-state index is 0.0334. The number of aryl methyl sites for hydroxylation is 2. The van der Waals surface area contributed by atoms with Gasteiger partial charge in [0.15, 0.2) is 11.2 Å². The first kappa shape index (κ1) is 33.3. The molecule has 0 aliphatic heterocycles. The molecule has 2 aromatic heterocycles. The average molecular weight is 562 g/mol. The van der Waals surface area contributed by atoms with Crippen molar-refractivity contribution in [2.24, 2.45) is 14.1 Å². The number of ether oxygens (including phenoxy) is 1. The fourth-order valence-electron chi connectivity index (χ4n) is 5.12. The van der Waals surface area contributed by atoms with Gasteiger partial charge in [-0.1, -0.05) is 77.6 Å². The Morgan fingerprint density at radius 3 is 2.15 bits per heavy atom. The number of hydrogen-bond acceptors (Lipinski definition) is 6. The molecule has 1 atom stereocenters. The quantitative estimate of drug-likeness (QED) is 0.174. The molecule has 1 N–H and O–H groups in total. The monoisotopic (exact) mass is 561 g/mol. The minimum Gasteiger partial charge on any atom is -0.461 e. The number of carbonyl (C=O) groups is 2. The maximum Gasteiger partial charge on any atom is 0.332 e. The van der Waals surface area contributed by atoms with E-state index in [0.717, 1.165) is 64.2 Å². The molecule has 0 saturated carbocycles. The molecule has 0 aliphatic rings. The fourth-order valence-corrected chi connectivity index (χ4v) is 5.12. The molecule has 10 nitrogen and oxygen atoms in total. The zero-order chi connectivity index (χ0) is 29.3. The Bertz CT molecular complexity index is 1170. The number of amides is 1. The number of unbranched alkanes of at least 4 members (excludes halogenated alkanes) is 12. The van der Waals surface area contributed by atoms with Gasteiger partial charge in [0.05, 0.1) is 12.9 Å². The summed E-state index contributed by atoms with van der Waals surface area (Å²) in [5.74, 6) is -0.283. The Balaban J connectivity index is 1.59. The molecule has 0 spiro atoms. The Hall–Kier alpha value is -2.91. The van der Waals surface area contributed by atoms with Crippen molar-refractivity contribution in [3.8, 4) is 0 Å². The van der Waals surface area contributed by atoms with Crippen LogP contribution < -0.4 is 16.6 Å². The van der Waals surface area contributed by atoms with Crippen LogP contribution in [0.3, 0.4) is 0 Å². The molecule has 10 heteroatoms. The summed E-state index contributed by atoms with van der Waals surface area (Å²) in [4.78, 5) is 53.2. The lowest BCUT2D eigenvalue weighted by atomic mass is 10.1. The van der Waals surface area contributed by atoms with Crippen molar-refractivity contribution in [2.45, 2.75) is 129 Å². The van der Waals surface area contributed by atoms with E-state index in [9.17, 15) is 19.2 Å². The van der Waals surface area contributed by atoms with Crippen molar-refractivity contribution in [2.75, 3.05) is 6.54 Å². The van der Waals surface area contributed by atoms with E-state index in [0.29, 0.717) is 30.7 Å². The fraction of sp³-hybridized carbons (Fsp3) is 0.767. The highest BCUT2D eigenvalue weighted by Crippen LogP contribution is 2.13. The van der Waals surface area contributed by atoms with Crippen molar-refractivity contribution >= 4 is 23.0 Å². The Labute approximate surface area is 238 Å². The van der Waals surface area contributed by atoms with E-state index in [1.807, 2.05) is 0 Å². The lowest BCUT2D eigenvalue weighted by molar-refractivity contribution is -0.147. The zero-order valence-electron chi connectivity index (χ0n) is 25.2. The van der Waals surface area contributed by atoms with E-state index in [1.165, 1.54) is 48.2 Å². The number of aromatic nitrogens is 4. The highest BCUT2D eigenvalue weighted by molar-refractivity contribution is 5.75. The van der Waals surface area contributed by atoms with E-state index >= 15 is 0 Å². The lowest BCUT2D eigenvalue weighted by Gasteiger charge is -2.17. The summed E-state index contributed by atoms with van der Waals surface area (Å²) >= 11 is 0. The maximum absolute atomic E-state index is 12.8. The van der Waals surface area contributed by atoms with E-state index < -0.39 is 0 Å². The highest BCUT2D eigenvalue weighted by Gasteiger charge is 2.15. The van der Waals surface area contributed by atoms with Crippen molar-refractivity contribution in [1.29, 1.82) is 0 Å². The Kier molecular flexibility index (Phi) is 15.4. The Morgan fingerprint density at radius 1 is 0.900 bits per heavy atom. The van der Waals surface area contributed by atoms with Crippen molar-refractivity contribution in [1.82, 2.24) is 24.0 Å². The summed E-state index contributed by atoms with van der Waals surface area (Å²) in [5.41, 5.74) is 0.249. The van der Waals surface area contributed by atoms with Gasteiger partial charge in [0.2, 0.25) is 5.91 Å². The van der Waals surface area contributed by atoms with Gasteiger partial charge in [-0.05, 0) is 25.7 Å². The molecule has 2 aromatic rings. The molecule has 1 unspecified atom stereocenters. The van der Waals surface area contributed by atoms with Crippen LogP contribution in [0.5, 0.6) is 0 Å². The minimum atomic E-state index is -0.326. The van der Waals surface area contributed by atoms with Gasteiger partial charge < -0.3 is 14.6 Å². The summed E-state index contributed by atoms with van der Waals surface area (Å²) in [7, 11) is 3.40. The van der Waals surface area contributed by atoms with Crippen LogP contribution in [0.25, 0.3) is 11.2 Å². The number of nitrogens with one attached hydrogen (secondary N) is 1. The van der Waals surface area contributed by atoms with E-state index in [-0.39, 0.29) is 29.2 Å². The molecule has 226 valence electrons. The summed E-state index contributed by atoms with van der Waals surface area (Å²) < 4.78 is 9.83. The molecule has 0 fully saturated rings.